The number of fused-ring (bicyclic) bond motifs is 1. The molecule has 6 heteroatoms. The largest absolute Gasteiger partial charge is 0.345 e. The third-order valence-electron chi connectivity index (χ3n) is 6.83. The van der Waals surface area contributed by atoms with Crippen LogP contribution in [0.4, 0.5) is 5.13 Å². The second-order valence-electron chi connectivity index (χ2n) is 9.42. The van der Waals surface area contributed by atoms with Gasteiger partial charge in [0.25, 0.3) is 5.91 Å². The molecule has 2 atom stereocenters. The number of nitrogens with one attached hydrogen (secondary N) is 1. The molecule has 35 heavy (non-hydrogen) atoms. The molecule has 0 aliphatic heterocycles. The number of nitrogens with zero attached hydrogens (tertiary/aromatic N) is 2. The third kappa shape index (κ3) is 4.26. The number of hydrogen-bond acceptors (Lipinski definition) is 4. The molecule has 1 unspecified atom stereocenters. The number of aromatic nitrogens is 1. The van der Waals surface area contributed by atoms with Crippen LogP contribution in [0.3, 0.4) is 0 Å². The van der Waals surface area contributed by atoms with Gasteiger partial charge < -0.3 is 10.2 Å². The van der Waals surface area contributed by atoms with Gasteiger partial charge in [-0.05, 0) is 53.3 Å². The van der Waals surface area contributed by atoms with E-state index >= 15 is 0 Å². The van der Waals surface area contributed by atoms with Crippen molar-refractivity contribution in [3.63, 3.8) is 0 Å². The zero-order valence-corrected chi connectivity index (χ0v) is 20.8. The minimum absolute atomic E-state index is 0.0170. The average molecular weight is 482 g/mol. The number of amides is 2. The Bertz CT molecular complexity index is 1370. The molecule has 5 rings (SSSR count). The summed E-state index contributed by atoms with van der Waals surface area (Å²) in [6, 6.07) is 24.4. The Morgan fingerprint density at radius 3 is 2.37 bits per heavy atom. The zero-order valence-electron chi connectivity index (χ0n) is 20.0. The van der Waals surface area contributed by atoms with Crippen molar-refractivity contribution in [3.8, 4) is 11.1 Å². The zero-order chi connectivity index (χ0) is 24.6. The van der Waals surface area contributed by atoms with Crippen LogP contribution < -0.4 is 5.32 Å². The molecular formula is C29H27N3O2S. The van der Waals surface area contributed by atoms with Crippen LogP contribution in [0, 0.1) is 5.41 Å². The molecule has 0 saturated heterocycles. The summed E-state index contributed by atoms with van der Waals surface area (Å²) in [5.74, 6) is -0.129. The molecule has 4 aromatic rings. The normalized spacial score (nSPS) is 18.7. The lowest BCUT2D eigenvalue weighted by molar-refractivity contribution is -0.125. The van der Waals surface area contributed by atoms with Gasteiger partial charge in [0, 0.05) is 37.2 Å². The quantitative estimate of drug-likeness (QED) is 0.389. The maximum absolute atomic E-state index is 13.6. The van der Waals surface area contributed by atoms with Crippen LogP contribution in [0.2, 0.25) is 0 Å². The lowest BCUT2D eigenvalue weighted by atomic mass is 9.73. The molecule has 1 aromatic heterocycles. The maximum atomic E-state index is 13.6. The molecule has 0 bridgehead atoms. The highest BCUT2D eigenvalue weighted by atomic mass is 32.1. The fourth-order valence-electron chi connectivity index (χ4n) is 5.04. The lowest BCUT2D eigenvalue weighted by Crippen LogP contribution is -2.37. The van der Waals surface area contributed by atoms with Crippen LogP contribution in [0.15, 0.2) is 84.4 Å². The molecule has 176 valence electrons. The van der Waals surface area contributed by atoms with Crippen LogP contribution in [0.25, 0.3) is 11.1 Å². The van der Waals surface area contributed by atoms with Crippen molar-refractivity contribution in [2.45, 2.75) is 19.3 Å². The van der Waals surface area contributed by atoms with Crippen molar-refractivity contribution in [1.29, 1.82) is 0 Å². The van der Waals surface area contributed by atoms with Gasteiger partial charge in [0.2, 0.25) is 5.91 Å². The van der Waals surface area contributed by atoms with Gasteiger partial charge in [-0.25, -0.2) is 4.98 Å². The molecule has 0 fully saturated rings. The molecule has 2 amide bonds. The molecule has 1 aliphatic carbocycles. The maximum Gasteiger partial charge on any atom is 0.253 e. The topological polar surface area (TPSA) is 62.3 Å². The van der Waals surface area contributed by atoms with Gasteiger partial charge in [-0.15, -0.1) is 11.3 Å². The summed E-state index contributed by atoms with van der Waals surface area (Å²) in [5.41, 5.74) is 5.57. The fraction of sp³-hybridized carbons (Fsp3) is 0.207. The Kier molecular flexibility index (Phi) is 5.99. The fourth-order valence-corrected chi connectivity index (χ4v) is 5.56. The Morgan fingerprint density at radius 1 is 1.00 bits per heavy atom. The Balaban J connectivity index is 1.54. The predicted molar refractivity (Wildman–Crippen MR) is 141 cm³/mol. The summed E-state index contributed by atoms with van der Waals surface area (Å²) in [4.78, 5) is 31.7. The van der Waals surface area contributed by atoms with Crippen molar-refractivity contribution >= 4 is 28.3 Å². The number of hydrogen-bond donors (Lipinski definition) is 1. The first kappa shape index (κ1) is 23.0. The highest BCUT2D eigenvalue weighted by Crippen LogP contribution is 2.52. The van der Waals surface area contributed by atoms with Crippen molar-refractivity contribution in [3.05, 3.63) is 107 Å². The van der Waals surface area contributed by atoms with Crippen molar-refractivity contribution in [1.82, 2.24) is 9.88 Å². The third-order valence-corrected chi connectivity index (χ3v) is 7.52. The first-order valence-electron chi connectivity index (χ1n) is 11.6. The van der Waals surface area contributed by atoms with Gasteiger partial charge in [0.05, 0.1) is 5.41 Å². The summed E-state index contributed by atoms with van der Waals surface area (Å²) in [6.07, 6.45) is 2.35. The van der Waals surface area contributed by atoms with E-state index in [9.17, 15) is 9.59 Å². The number of thiazole rings is 1. The van der Waals surface area contributed by atoms with Crippen LogP contribution in [-0.4, -0.2) is 35.8 Å². The van der Waals surface area contributed by atoms with Crippen LogP contribution in [0.5, 0.6) is 0 Å². The molecule has 0 radical (unpaired) electrons. The smallest absolute Gasteiger partial charge is 0.253 e. The first-order chi connectivity index (χ1) is 16.9. The molecule has 1 N–H and O–H groups in total. The summed E-state index contributed by atoms with van der Waals surface area (Å²) < 4.78 is 0. The lowest BCUT2D eigenvalue weighted by Gasteiger charge is -2.31. The molecule has 1 heterocycles. The Labute approximate surface area is 209 Å². The van der Waals surface area contributed by atoms with E-state index in [2.05, 4.69) is 47.6 Å². The molecule has 3 aromatic carbocycles. The van der Waals surface area contributed by atoms with Crippen LogP contribution >= 0.6 is 11.3 Å². The van der Waals surface area contributed by atoms with E-state index in [1.165, 1.54) is 22.5 Å². The molecule has 0 saturated carbocycles. The monoisotopic (exact) mass is 481 g/mol. The number of anilines is 1. The number of carbonyl (C=O) groups is 2. The van der Waals surface area contributed by atoms with Gasteiger partial charge in [-0.3, -0.25) is 9.59 Å². The van der Waals surface area contributed by atoms with Crippen molar-refractivity contribution < 1.29 is 9.59 Å². The number of benzene rings is 3. The van der Waals surface area contributed by atoms with Gasteiger partial charge in [0.1, 0.15) is 0 Å². The highest BCUT2D eigenvalue weighted by molar-refractivity contribution is 7.13. The number of rotatable bonds is 5. The van der Waals surface area contributed by atoms with E-state index in [1.807, 2.05) is 47.8 Å². The second kappa shape index (κ2) is 9.12. The van der Waals surface area contributed by atoms with E-state index in [0.29, 0.717) is 17.1 Å². The van der Waals surface area contributed by atoms with Gasteiger partial charge in [-0.1, -0.05) is 60.7 Å². The molecular weight excluding hydrogens is 454 g/mol. The van der Waals surface area contributed by atoms with E-state index in [0.717, 1.165) is 16.7 Å². The van der Waals surface area contributed by atoms with E-state index in [-0.39, 0.29) is 17.7 Å². The van der Waals surface area contributed by atoms with Crippen LogP contribution in [-0.2, 0) is 11.2 Å². The summed E-state index contributed by atoms with van der Waals surface area (Å²) in [6.45, 7) is 2.05. The van der Waals surface area contributed by atoms with E-state index in [1.54, 1.807) is 25.2 Å². The Morgan fingerprint density at radius 2 is 1.71 bits per heavy atom. The summed E-state index contributed by atoms with van der Waals surface area (Å²) in [5, 5.41) is 5.52. The van der Waals surface area contributed by atoms with Gasteiger partial charge >= 0.3 is 0 Å². The highest BCUT2D eigenvalue weighted by Gasteiger charge is 2.49. The first-order valence-corrected chi connectivity index (χ1v) is 12.5. The minimum atomic E-state index is -0.657. The standard InChI is InChI=1S/C29H27N3O2S/c1-29(27(34)31-28-30-15-16-35-28)18-23-14-13-22(17-24(23)25(29)20-7-5-4-6-8-20)19-9-11-21(12-10-19)26(33)32(2)3/h4-17,25H,18H2,1-3H3,(H,30,31,34)/t25?,29-/m1/s1. The van der Waals surface area contributed by atoms with Gasteiger partial charge in [0.15, 0.2) is 5.13 Å². The minimum Gasteiger partial charge on any atom is -0.345 e. The van der Waals surface area contributed by atoms with E-state index < -0.39 is 5.41 Å². The second-order valence-corrected chi connectivity index (χ2v) is 10.3. The molecule has 1 aliphatic rings. The Hall–Kier alpha value is -3.77. The van der Waals surface area contributed by atoms with Crippen molar-refractivity contribution in [2.24, 2.45) is 5.41 Å². The van der Waals surface area contributed by atoms with E-state index in [4.69, 9.17) is 0 Å². The average Bonchev–Trinajstić information content (AvgIpc) is 3.49. The SMILES string of the molecule is CN(C)C(=O)c1ccc(-c2ccc3c(c2)C(c2ccccc2)[C@](C)(C(=O)Nc2nccs2)C3)cc1. The van der Waals surface area contributed by atoms with Crippen LogP contribution in [0.1, 0.15) is 39.9 Å². The van der Waals surface area contributed by atoms with Gasteiger partial charge in [-0.2, -0.15) is 0 Å². The van der Waals surface area contributed by atoms with Crippen molar-refractivity contribution in [2.75, 3.05) is 19.4 Å². The number of carbonyl (C=O) groups excluding carboxylic acids is 2. The predicted octanol–water partition coefficient (Wildman–Crippen LogP) is 5.84. The molecule has 0 spiro atoms. The molecule has 5 nitrogen and oxygen atoms in total. The summed E-state index contributed by atoms with van der Waals surface area (Å²) in [7, 11) is 3.50. The summed E-state index contributed by atoms with van der Waals surface area (Å²) >= 11 is 1.42.